The first-order valence-corrected chi connectivity index (χ1v) is 19.0. The molecule has 1 amide bonds. The van der Waals surface area contributed by atoms with E-state index in [9.17, 15) is 4.79 Å². The second kappa shape index (κ2) is 10.9. The summed E-state index contributed by atoms with van der Waals surface area (Å²) >= 11 is 0. The van der Waals surface area contributed by atoms with Gasteiger partial charge in [0.1, 0.15) is 12.5 Å². The lowest BCUT2D eigenvalue weighted by Crippen LogP contribution is -2.63. The van der Waals surface area contributed by atoms with Crippen LogP contribution in [0.5, 0.6) is 0 Å². The molecule has 1 N–H and O–H groups in total. The number of rotatable bonds is 12. The molecule has 1 aliphatic rings. The van der Waals surface area contributed by atoms with E-state index in [0.29, 0.717) is 29.3 Å². The van der Waals surface area contributed by atoms with Crippen LogP contribution in [0, 0.1) is 17.8 Å². The Morgan fingerprint density at radius 2 is 1.36 bits per heavy atom. The molecule has 1 rings (SSSR count). The predicted octanol–water partition coefficient (Wildman–Crippen LogP) is 4.46. The van der Waals surface area contributed by atoms with Crippen molar-refractivity contribution in [3.8, 4) is 0 Å². The Morgan fingerprint density at radius 3 is 1.68 bits per heavy atom. The number of amides is 1. The van der Waals surface area contributed by atoms with Gasteiger partial charge in [0.15, 0.2) is 26.4 Å². The average molecular weight is 448 g/mol. The highest BCUT2D eigenvalue weighted by Gasteiger charge is 2.44. The van der Waals surface area contributed by atoms with Gasteiger partial charge in [0.2, 0.25) is 5.91 Å². The molecule has 0 spiro atoms. The van der Waals surface area contributed by atoms with Crippen molar-refractivity contribution >= 4 is 32.3 Å². The van der Waals surface area contributed by atoms with E-state index in [1.807, 2.05) is 0 Å². The minimum absolute atomic E-state index is 0.0675. The van der Waals surface area contributed by atoms with Gasteiger partial charge in [-0.1, -0.05) is 41.5 Å². The largest absolute Gasteiger partial charge is 0.397 e. The molecular weight excluding hydrogens is 402 g/mol. The number of carbonyl (C=O) groups excluding carboxylic acids is 1. The van der Waals surface area contributed by atoms with Crippen LogP contribution in [-0.2, 0) is 18.1 Å². The summed E-state index contributed by atoms with van der Waals surface area (Å²) in [5.41, 5.74) is 1.13. The Labute approximate surface area is 177 Å². The third-order valence-electron chi connectivity index (χ3n) is 6.23. The van der Waals surface area contributed by atoms with Gasteiger partial charge in [-0.15, -0.1) is 0 Å². The smallest absolute Gasteiger partial charge is 0.229 e. The normalized spacial score (nSPS) is 25.8. The lowest BCUT2D eigenvalue weighted by molar-refractivity contribution is -0.151. The molecule has 5 nitrogen and oxygen atoms in total. The molecule has 166 valence electrons. The minimum atomic E-state index is -1.72. The second-order valence-electron chi connectivity index (χ2n) is 10.3. The summed E-state index contributed by atoms with van der Waals surface area (Å²) in [7, 11) is -4.57. The first kappa shape index (κ1) is 26.0. The van der Waals surface area contributed by atoms with Crippen LogP contribution >= 0.6 is 0 Å². The molecule has 0 aromatic heterocycles. The van der Waals surface area contributed by atoms with Gasteiger partial charge in [0.05, 0.1) is 5.92 Å². The molecule has 1 heterocycles. The van der Waals surface area contributed by atoms with Gasteiger partial charge in [-0.3, -0.25) is 4.79 Å². The van der Waals surface area contributed by atoms with Gasteiger partial charge in [-0.25, -0.2) is 0 Å². The number of nitrogens with one attached hydrogen (secondary N) is 1. The summed E-state index contributed by atoms with van der Waals surface area (Å²) in [5.74, 6) is 1.10. The molecule has 0 aliphatic carbocycles. The van der Waals surface area contributed by atoms with E-state index in [0.717, 1.165) is 0 Å². The van der Waals surface area contributed by atoms with Gasteiger partial charge in [-0.2, -0.15) is 0 Å². The summed E-state index contributed by atoms with van der Waals surface area (Å²) in [6.07, 6.45) is 0.132. The van der Waals surface area contributed by atoms with Crippen LogP contribution in [0.1, 0.15) is 48.0 Å². The molecule has 0 saturated carbocycles. The maximum atomic E-state index is 12.3. The highest BCUT2D eigenvalue weighted by Crippen LogP contribution is 2.30. The van der Waals surface area contributed by atoms with Crippen LogP contribution < -0.4 is 5.32 Å². The summed E-state index contributed by atoms with van der Waals surface area (Å²) in [5, 5.41) is 2.93. The van der Waals surface area contributed by atoms with Gasteiger partial charge in [0, 0.05) is 6.42 Å². The van der Waals surface area contributed by atoms with Crippen LogP contribution in [0.15, 0.2) is 0 Å². The van der Waals surface area contributed by atoms with Gasteiger partial charge in [-0.05, 0) is 55.7 Å². The molecule has 8 heteroatoms. The maximum Gasteiger partial charge on any atom is 0.229 e. The quantitative estimate of drug-likeness (QED) is 0.273. The number of hydrogen-bond donors (Lipinski definition) is 1. The predicted molar refractivity (Wildman–Crippen MR) is 125 cm³/mol. The monoisotopic (exact) mass is 447 g/mol. The Morgan fingerprint density at radius 1 is 0.929 bits per heavy atom. The van der Waals surface area contributed by atoms with Crippen LogP contribution in [0.4, 0.5) is 0 Å². The van der Waals surface area contributed by atoms with Crippen LogP contribution in [0.25, 0.3) is 0 Å². The Hall–Kier alpha value is 0.000649. The van der Waals surface area contributed by atoms with Gasteiger partial charge >= 0.3 is 0 Å². The number of β-lactam (4-membered cyclic amide) rings is 1. The second-order valence-corrected chi connectivity index (χ2v) is 20.2. The maximum absolute atomic E-state index is 12.3. The SMILES string of the molecule is CC(C)C(C)[SiH](C)OC(CC1C(=O)NC1O[Si](C)(C)C)O[SiH](C)C(C)C(C)C. The third kappa shape index (κ3) is 8.03. The van der Waals surface area contributed by atoms with E-state index in [2.05, 4.69) is 79.6 Å². The fraction of sp³-hybridized carbons (Fsp3) is 0.950. The van der Waals surface area contributed by atoms with E-state index in [1.54, 1.807) is 0 Å². The van der Waals surface area contributed by atoms with Crippen molar-refractivity contribution in [3.05, 3.63) is 0 Å². The lowest BCUT2D eigenvalue weighted by Gasteiger charge is -2.42. The summed E-state index contributed by atoms with van der Waals surface area (Å²) in [6, 6.07) is 0. The van der Waals surface area contributed by atoms with Crippen LogP contribution in [0.2, 0.25) is 43.8 Å². The zero-order valence-electron chi connectivity index (χ0n) is 20.0. The molecule has 0 aromatic rings. The lowest BCUT2D eigenvalue weighted by atomic mass is 9.95. The fourth-order valence-electron chi connectivity index (χ4n) is 3.27. The minimum Gasteiger partial charge on any atom is -0.397 e. The Kier molecular flexibility index (Phi) is 10.1. The zero-order chi connectivity index (χ0) is 21.8. The topological polar surface area (TPSA) is 56.8 Å². The van der Waals surface area contributed by atoms with Crippen molar-refractivity contribution in [2.75, 3.05) is 0 Å². The summed E-state index contributed by atoms with van der Waals surface area (Å²) in [6.45, 7) is 24.5. The van der Waals surface area contributed by atoms with E-state index in [4.69, 9.17) is 13.3 Å². The standard InChI is InChI=1S/C20H45NO4Si3/c1-13(2)15(5)26(7)23-18(24-27(8)16(6)14(3)4)12-17-19(22)21-20(17)25-28(9,10)11/h13-18,20,26-27H,12H2,1-11H3,(H,21,22). The van der Waals surface area contributed by atoms with Crippen molar-refractivity contribution in [2.24, 2.45) is 17.8 Å². The Balaban J connectivity index is 2.85. The molecule has 6 atom stereocenters. The van der Waals surface area contributed by atoms with Crippen molar-refractivity contribution in [1.82, 2.24) is 5.32 Å². The molecule has 0 radical (unpaired) electrons. The van der Waals surface area contributed by atoms with Crippen molar-refractivity contribution in [2.45, 2.75) is 104 Å². The highest BCUT2D eigenvalue weighted by atomic mass is 28.4. The molecule has 1 aliphatic heterocycles. The summed E-state index contributed by atoms with van der Waals surface area (Å²) < 4.78 is 19.2. The van der Waals surface area contributed by atoms with E-state index < -0.39 is 26.4 Å². The van der Waals surface area contributed by atoms with Gasteiger partial charge in [0.25, 0.3) is 0 Å². The molecule has 0 bridgehead atoms. The molecule has 1 saturated heterocycles. The molecule has 28 heavy (non-hydrogen) atoms. The zero-order valence-corrected chi connectivity index (χ0v) is 23.3. The molecular formula is C20H45NO4Si3. The number of hydrogen-bond acceptors (Lipinski definition) is 4. The van der Waals surface area contributed by atoms with Crippen molar-refractivity contribution < 1.29 is 18.1 Å². The Bertz CT molecular complexity index is 476. The van der Waals surface area contributed by atoms with E-state index in [-0.39, 0.29) is 24.3 Å². The third-order valence-corrected chi connectivity index (χ3v) is 13.2. The molecule has 1 fully saturated rings. The van der Waals surface area contributed by atoms with Crippen LogP contribution in [-0.4, -0.2) is 44.8 Å². The van der Waals surface area contributed by atoms with Crippen molar-refractivity contribution in [1.29, 1.82) is 0 Å². The number of carbonyl (C=O) groups is 1. The molecule has 0 aromatic carbocycles. The average Bonchev–Trinajstić information content (AvgIpc) is 2.56. The first-order valence-electron chi connectivity index (χ1n) is 11.0. The van der Waals surface area contributed by atoms with E-state index >= 15 is 0 Å². The fourth-order valence-corrected chi connectivity index (χ4v) is 8.36. The first-order chi connectivity index (χ1) is 12.7. The van der Waals surface area contributed by atoms with Crippen molar-refractivity contribution in [3.63, 3.8) is 0 Å². The molecule has 6 unspecified atom stereocenters. The van der Waals surface area contributed by atoms with Gasteiger partial charge < -0.3 is 18.6 Å². The highest BCUT2D eigenvalue weighted by molar-refractivity contribution is 6.69. The van der Waals surface area contributed by atoms with Crippen LogP contribution in [0.3, 0.4) is 0 Å². The van der Waals surface area contributed by atoms with E-state index in [1.165, 1.54) is 0 Å². The summed E-state index contributed by atoms with van der Waals surface area (Å²) in [4.78, 5) is 12.3.